The molecular weight excluding hydrogens is 459 g/mol. The summed E-state index contributed by atoms with van der Waals surface area (Å²) in [5.41, 5.74) is 0.865. The van der Waals surface area contributed by atoms with Crippen LogP contribution in [0.3, 0.4) is 0 Å². The lowest BCUT2D eigenvalue weighted by atomic mass is 10.1. The highest BCUT2D eigenvalue weighted by molar-refractivity contribution is 7.80. The number of ether oxygens (including phenoxy) is 1. The standard InChI is InChI=1S/C22H14Cl2N2O4S/c1-29-18-8-3-2-7-16(18)26-21(28)14(20(27)25-22(26)31)11-12-9-10-17(30-12)13-5-4-6-15(23)19(13)24/h2-11H,1H3,(H,25,27,31)/b14-11-. The predicted octanol–water partition coefficient (Wildman–Crippen LogP) is 5.09. The minimum atomic E-state index is -0.625. The molecule has 0 saturated carbocycles. The van der Waals surface area contributed by atoms with Gasteiger partial charge in [0.05, 0.1) is 22.8 Å². The summed E-state index contributed by atoms with van der Waals surface area (Å²) in [6.45, 7) is 0. The van der Waals surface area contributed by atoms with E-state index in [2.05, 4.69) is 5.32 Å². The van der Waals surface area contributed by atoms with E-state index in [1.165, 1.54) is 18.1 Å². The Hall–Kier alpha value is -3.13. The van der Waals surface area contributed by atoms with Crippen molar-refractivity contribution in [2.24, 2.45) is 0 Å². The van der Waals surface area contributed by atoms with Crippen LogP contribution in [0, 0.1) is 0 Å². The quantitative estimate of drug-likeness (QED) is 0.325. The number of para-hydroxylation sites is 2. The Morgan fingerprint density at radius 1 is 1.06 bits per heavy atom. The minimum Gasteiger partial charge on any atom is -0.495 e. The summed E-state index contributed by atoms with van der Waals surface area (Å²) in [4.78, 5) is 26.9. The van der Waals surface area contributed by atoms with E-state index in [9.17, 15) is 9.59 Å². The number of thiocarbonyl (C=S) groups is 1. The number of nitrogens with zero attached hydrogens (tertiary/aromatic N) is 1. The van der Waals surface area contributed by atoms with E-state index in [1.807, 2.05) is 0 Å². The Morgan fingerprint density at radius 3 is 2.61 bits per heavy atom. The van der Waals surface area contributed by atoms with Crippen LogP contribution in [0.1, 0.15) is 5.76 Å². The summed E-state index contributed by atoms with van der Waals surface area (Å²) in [5, 5.41) is 3.22. The molecule has 3 aromatic rings. The summed E-state index contributed by atoms with van der Waals surface area (Å²) in [7, 11) is 1.48. The Labute approximate surface area is 193 Å². The van der Waals surface area contributed by atoms with E-state index in [0.717, 1.165) is 0 Å². The molecule has 1 saturated heterocycles. The summed E-state index contributed by atoms with van der Waals surface area (Å²) < 4.78 is 11.1. The SMILES string of the molecule is COc1ccccc1N1C(=O)/C(=C\c2ccc(-c3cccc(Cl)c3Cl)o2)C(=O)NC1=S. The van der Waals surface area contributed by atoms with Crippen LogP contribution in [0.5, 0.6) is 5.75 Å². The van der Waals surface area contributed by atoms with Gasteiger partial charge in [0, 0.05) is 5.56 Å². The van der Waals surface area contributed by atoms with E-state index in [0.29, 0.717) is 32.8 Å². The van der Waals surface area contributed by atoms with Crippen molar-refractivity contribution in [3.63, 3.8) is 0 Å². The maximum absolute atomic E-state index is 13.2. The molecule has 4 rings (SSSR count). The highest BCUT2D eigenvalue weighted by Gasteiger charge is 2.36. The molecule has 0 unspecified atom stereocenters. The first-order valence-electron chi connectivity index (χ1n) is 8.99. The molecule has 0 atom stereocenters. The van der Waals surface area contributed by atoms with Crippen molar-refractivity contribution in [1.82, 2.24) is 5.32 Å². The molecule has 1 aromatic heterocycles. The Bertz CT molecular complexity index is 1250. The van der Waals surface area contributed by atoms with Crippen LogP contribution < -0.4 is 15.0 Å². The average Bonchev–Trinajstić information content (AvgIpc) is 3.22. The molecule has 9 heteroatoms. The lowest BCUT2D eigenvalue weighted by Crippen LogP contribution is -2.54. The van der Waals surface area contributed by atoms with E-state index in [4.69, 9.17) is 44.6 Å². The fourth-order valence-electron chi connectivity index (χ4n) is 3.10. The molecule has 0 spiro atoms. The maximum atomic E-state index is 13.2. The fourth-order valence-corrected chi connectivity index (χ4v) is 3.77. The van der Waals surface area contributed by atoms with Crippen LogP contribution in [0.2, 0.25) is 10.0 Å². The smallest absolute Gasteiger partial charge is 0.270 e. The molecule has 1 fully saturated rings. The number of nitrogens with one attached hydrogen (secondary N) is 1. The van der Waals surface area contributed by atoms with Gasteiger partial charge in [0.15, 0.2) is 5.11 Å². The van der Waals surface area contributed by atoms with Gasteiger partial charge in [0.25, 0.3) is 11.8 Å². The molecule has 31 heavy (non-hydrogen) atoms. The number of halogens is 2. The van der Waals surface area contributed by atoms with E-state index >= 15 is 0 Å². The zero-order valence-corrected chi connectivity index (χ0v) is 18.3. The topological polar surface area (TPSA) is 71.8 Å². The second kappa shape index (κ2) is 8.55. The normalized spacial score (nSPS) is 15.4. The second-order valence-electron chi connectivity index (χ2n) is 6.43. The molecule has 1 aliphatic rings. The van der Waals surface area contributed by atoms with Crippen LogP contribution in [0.15, 0.2) is 64.6 Å². The second-order valence-corrected chi connectivity index (χ2v) is 7.60. The van der Waals surface area contributed by atoms with E-state index in [1.54, 1.807) is 54.6 Å². The first kappa shape index (κ1) is 21.1. The molecule has 6 nitrogen and oxygen atoms in total. The van der Waals surface area contributed by atoms with Gasteiger partial charge in [0.1, 0.15) is 22.8 Å². The van der Waals surface area contributed by atoms with Crippen molar-refractivity contribution in [1.29, 1.82) is 0 Å². The van der Waals surface area contributed by atoms with Crippen LogP contribution >= 0.6 is 35.4 Å². The molecule has 0 aliphatic carbocycles. The molecule has 2 aromatic carbocycles. The number of hydrogen-bond acceptors (Lipinski definition) is 5. The summed E-state index contributed by atoms with van der Waals surface area (Å²) in [5.74, 6) is -0.0566. The Balaban J connectivity index is 1.71. The number of hydrogen-bond donors (Lipinski definition) is 1. The number of furan rings is 1. The molecule has 0 bridgehead atoms. The number of rotatable bonds is 4. The fraction of sp³-hybridized carbons (Fsp3) is 0.0455. The summed E-state index contributed by atoms with van der Waals surface area (Å²) in [6.07, 6.45) is 1.35. The van der Waals surface area contributed by atoms with Gasteiger partial charge in [-0.3, -0.25) is 14.9 Å². The van der Waals surface area contributed by atoms with Gasteiger partial charge in [0.2, 0.25) is 0 Å². The lowest BCUT2D eigenvalue weighted by Gasteiger charge is -2.29. The monoisotopic (exact) mass is 472 g/mol. The maximum Gasteiger partial charge on any atom is 0.270 e. The Kier molecular flexibility index (Phi) is 5.82. The van der Waals surface area contributed by atoms with Gasteiger partial charge < -0.3 is 9.15 Å². The molecule has 2 heterocycles. The number of anilines is 1. The van der Waals surface area contributed by atoms with Gasteiger partial charge in [-0.2, -0.15) is 0 Å². The van der Waals surface area contributed by atoms with Crippen LogP contribution in [-0.4, -0.2) is 24.0 Å². The van der Waals surface area contributed by atoms with Gasteiger partial charge in [-0.25, -0.2) is 4.90 Å². The highest BCUT2D eigenvalue weighted by atomic mass is 35.5. The van der Waals surface area contributed by atoms with Crippen molar-refractivity contribution in [2.75, 3.05) is 12.0 Å². The Morgan fingerprint density at radius 2 is 1.84 bits per heavy atom. The molecule has 1 N–H and O–H groups in total. The third-order valence-electron chi connectivity index (χ3n) is 4.56. The van der Waals surface area contributed by atoms with Crippen molar-refractivity contribution >= 4 is 64.1 Å². The molecule has 1 aliphatic heterocycles. The number of carbonyl (C=O) groups excluding carboxylic acids is 2. The van der Waals surface area contributed by atoms with Crippen molar-refractivity contribution in [3.05, 3.63) is 76.0 Å². The zero-order valence-electron chi connectivity index (χ0n) is 16.0. The predicted molar refractivity (Wildman–Crippen MR) is 123 cm³/mol. The van der Waals surface area contributed by atoms with E-state index in [-0.39, 0.29) is 16.4 Å². The molecule has 156 valence electrons. The van der Waals surface area contributed by atoms with Gasteiger partial charge in [-0.15, -0.1) is 0 Å². The van der Waals surface area contributed by atoms with Crippen LogP contribution in [0.4, 0.5) is 5.69 Å². The molecular formula is C22H14Cl2N2O4S. The first-order chi connectivity index (χ1) is 14.9. The summed E-state index contributed by atoms with van der Waals surface area (Å²) in [6, 6.07) is 15.3. The van der Waals surface area contributed by atoms with Crippen LogP contribution in [0.25, 0.3) is 17.4 Å². The van der Waals surface area contributed by atoms with Crippen molar-refractivity contribution in [3.8, 4) is 17.1 Å². The number of amides is 2. The number of benzene rings is 2. The van der Waals surface area contributed by atoms with Gasteiger partial charge in [-0.1, -0.05) is 41.4 Å². The third-order valence-corrected chi connectivity index (χ3v) is 5.66. The molecule has 0 radical (unpaired) electrons. The first-order valence-corrected chi connectivity index (χ1v) is 10.2. The average molecular weight is 473 g/mol. The van der Waals surface area contributed by atoms with Crippen LogP contribution in [-0.2, 0) is 9.59 Å². The van der Waals surface area contributed by atoms with Crippen molar-refractivity contribution < 1.29 is 18.7 Å². The lowest BCUT2D eigenvalue weighted by molar-refractivity contribution is -0.122. The van der Waals surface area contributed by atoms with Gasteiger partial charge in [-0.05, 0) is 54.7 Å². The largest absolute Gasteiger partial charge is 0.495 e. The van der Waals surface area contributed by atoms with Gasteiger partial charge >= 0.3 is 0 Å². The number of methoxy groups -OCH3 is 1. The third kappa shape index (κ3) is 3.95. The van der Waals surface area contributed by atoms with E-state index < -0.39 is 11.8 Å². The minimum absolute atomic E-state index is 0.0394. The number of carbonyl (C=O) groups is 2. The zero-order chi connectivity index (χ0) is 22.1. The van der Waals surface area contributed by atoms with Crippen molar-refractivity contribution in [2.45, 2.75) is 0 Å². The highest BCUT2D eigenvalue weighted by Crippen LogP contribution is 2.35. The molecule has 2 amide bonds. The summed E-state index contributed by atoms with van der Waals surface area (Å²) >= 11 is 17.5.